The molecule has 0 saturated heterocycles. The van der Waals surface area contributed by atoms with Gasteiger partial charge in [0.1, 0.15) is 0 Å². The van der Waals surface area contributed by atoms with E-state index >= 15 is 0 Å². The van der Waals surface area contributed by atoms with Gasteiger partial charge in [0, 0.05) is 18.2 Å². The number of nitrogens with zero attached hydrogens (tertiary/aromatic N) is 1. The van der Waals surface area contributed by atoms with Gasteiger partial charge in [-0.15, -0.1) is 0 Å². The van der Waals surface area contributed by atoms with E-state index in [2.05, 4.69) is 5.32 Å². The molecule has 0 aliphatic carbocycles. The number of rotatable bonds is 9. The Balaban J connectivity index is 1.95. The number of esters is 1. The van der Waals surface area contributed by atoms with Crippen LogP contribution in [0.4, 0.5) is 11.4 Å². The third-order valence-corrected chi connectivity index (χ3v) is 4.32. The van der Waals surface area contributed by atoms with Crippen molar-refractivity contribution in [2.45, 2.75) is 6.92 Å². The number of methoxy groups -OCH3 is 1. The molecule has 0 aliphatic rings. The van der Waals surface area contributed by atoms with Crippen molar-refractivity contribution < 1.29 is 28.7 Å². The van der Waals surface area contributed by atoms with Crippen LogP contribution in [-0.4, -0.2) is 37.1 Å². The highest BCUT2D eigenvalue weighted by atomic mass is 35.5. The van der Waals surface area contributed by atoms with E-state index in [0.717, 1.165) is 12.1 Å². The van der Waals surface area contributed by atoms with E-state index in [4.69, 9.17) is 37.4 Å². The van der Waals surface area contributed by atoms with Crippen LogP contribution in [0.5, 0.6) is 11.5 Å². The molecule has 164 valence electrons. The molecule has 2 rings (SSSR count). The minimum atomic E-state index is -0.769. The summed E-state index contributed by atoms with van der Waals surface area (Å²) in [5.74, 6) is -0.631. The first kappa shape index (κ1) is 24.0. The third-order valence-electron chi connectivity index (χ3n) is 3.73. The fourth-order valence-electron chi connectivity index (χ4n) is 2.40. The average Bonchev–Trinajstić information content (AvgIpc) is 2.72. The molecule has 9 nitrogen and oxygen atoms in total. The minimum Gasteiger partial charge on any atom is -0.491 e. The zero-order valence-corrected chi connectivity index (χ0v) is 18.0. The second-order valence-corrected chi connectivity index (χ2v) is 6.69. The highest BCUT2D eigenvalue weighted by Gasteiger charge is 2.13. The lowest BCUT2D eigenvalue weighted by molar-refractivity contribution is -0.384. The largest absolute Gasteiger partial charge is 0.491 e. The molecular weight excluding hydrogens is 451 g/mol. The second kappa shape index (κ2) is 11.2. The number of nitrogens with one attached hydrogen (secondary N) is 1. The molecule has 0 heterocycles. The van der Waals surface area contributed by atoms with Crippen LogP contribution in [0, 0.1) is 10.1 Å². The first-order valence-electron chi connectivity index (χ1n) is 8.84. The summed E-state index contributed by atoms with van der Waals surface area (Å²) < 4.78 is 15.5. The summed E-state index contributed by atoms with van der Waals surface area (Å²) >= 11 is 12.0. The third kappa shape index (κ3) is 6.87. The lowest BCUT2D eigenvalue weighted by Gasteiger charge is -2.11. The minimum absolute atomic E-state index is 0.0183. The number of anilines is 1. The lowest BCUT2D eigenvalue weighted by atomic mass is 10.2. The molecule has 1 N–H and O–H groups in total. The fourth-order valence-corrected chi connectivity index (χ4v) is 2.92. The van der Waals surface area contributed by atoms with Crippen LogP contribution in [0.3, 0.4) is 0 Å². The van der Waals surface area contributed by atoms with Gasteiger partial charge in [-0.25, -0.2) is 4.79 Å². The Morgan fingerprint density at radius 1 is 1.19 bits per heavy atom. The highest BCUT2D eigenvalue weighted by Crippen LogP contribution is 2.36. The molecule has 31 heavy (non-hydrogen) atoms. The van der Waals surface area contributed by atoms with Crippen molar-refractivity contribution in [3.8, 4) is 11.5 Å². The van der Waals surface area contributed by atoms with Gasteiger partial charge in [0.25, 0.3) is 11.6 Å². The van der Waals surface area contributed by atoms with Crippen LogP contribution in [-0.2, 0) is 14.3 Å². The summed E-state index contributed by atoms with van der Waals surface area (Å²) in [5, 5.41) is 13.4. The molecule has 0 aliphatic heterocycles. The number of non-ortho nitro benzene ring substituents is 1. The molecule has 2 aromatic rings. The molecule has 0 unspecified atom stereocenters. The molecule has 0 fully saturated rings. The monoisotopic (exact) mass is 468 g/mol. The molecule has 2 aromatic carbocycles. The molecule has 0 radical (unpaired) electrons. The van der Waals surface area contributed by atoms with Crippen molar-refractivity contribution in [3.05, 3.63) is 62.1 Å². The number of nitro benzene ring substituents is 1. The van der Waals surface area contributed by atoms with E-state index in [-0.39, 0.29) is 16.4 Å². The number of halogens is 2. The van der Waals surface area contributed by atoms with Crippen molar-refractivity contribution >= 4 is 52.5 Å². The van der Waals surface area contributed by atoms with E-state index in [9.17, 15) is 19.7 Å². The quantitative estimate of drug-likeness (QED) is 0.249. The van der Waals surface area contributed by atoms with Crippen molar-refractivity contribution in [2.75, 3.05) is 25.6 Å². The predicted molar refractivity (Wildman–Crippen MR) is 116 cm³/mol. The van der Waals surface area contributed by atoms with Gasteiger partial charge >= 0.3 is 5.97 Å². The second-order valence-electron chi connectivity index (χ2n) is 5.88. The van der Waals surface area contributed by atoms with Crippen LogP contribution >= 0.6 is 23.2 Å². The van der Waals surface area contributed by atoms with Gasteiger partial charge < -0.3 is 19.5 Å². The first-order valence-corrected chi connectivity index (χ1v) is 9.59. The van der Waals surface area contributed by atoms with Gasteiger partial charge in [-0.1, -0.05) is 23.2 Å². The molecule has 11 heteroatoms. The zero-order chi connectivity index (χ0) is 23.0. The summed E-state index contributed by atoms with van der Waals surface area (Å²) in [6.07, 6.45) is 2.57. The number of carbonyl (C=O) groups is 2. The Hall–Kier alpha value is -3.30. The predicted octanol–water partition coefficient (Wildman–Crippen LogP) is 4.50. The Labute approximate surface area is 187 Å². The fraction of sp³-hybridized carbons (Fsp3) is 0.200. The molecule has 0 atom stereocenters. The summed E-state index contributed by atoms with van der Waals surface area (Å²) in [7, 11) is 1.46. The van der Waals surface area contributed by atoms with E-state index < -0.39 is 23.4 Å². The van der Waals surface area contributed by atoms with Gasteiger partial charge in [-0.05, 0) is 36.8 Å². The summed E-state index contributed by atoms with van der Waals surface area (Å²) in [6.45, 7) is 1.63. The SMILES string of the molecule is CCOc1cc(/C=C/C(=O)OCC(=O)Nc2ccc([N+](=O)[O-])cc2Cl)cc(Cl)c1OC. The van der Waals surface area contributed by atoms with Gasteiger partial charge in [0.2, 0.25) is 0 Å². The number of hydrogen-bond donors (Lipinski definition) is 1. The van der Waals surface area contributed by atoms with E-state index in [1.165, 1.54) is 25.3 Å². The molecule has 1 amide bonds. The smallest absolute Gasteiger partial charge is 0.331 e. The Bertz CT molecular complexity index is 1020. The van der Waals surface area contributed by atoms with Gasteiger partial charge in [0.05, 0.1) is 34.4 Å². The number of carbonyl (C=O) groups excluding carboxylic acids is 2. The Kier molecular flexibility index (Phi) is 8.65. The van der Waals surface area contributed by atoms with Crippen LogP contribution in [0.1, 0.15) is 12.5 Å². The maximum Gasteiger partial charge on any atom is 0.331 e. The Morgan fingerprint density at radius 3 is 2.55 bits per heavy atom. The highest BCUT2D eigenvalue weighted by molar-refractivity contribution is 6.34. The lowest BCUT2D eigenvalue weighted by Crippen LogP contribution is -2.20. The van der Waals surface area contributed by atoms with E-state index in [1.54, 1.807) is 12.1 Å². The average molecular weight is 469 g/mol. The van der Waals surface area contributed by atoms with Crippen molar-refractivity contribution in [1.82, 2.24) is 0 Å². The van der Waals surface area contributed by atoms with Gasteiger partial charge in [-0.3, -0.25) is 14.9 Å². The summed E-state index contributed by atoms with van der Waals surface area (Å²) in [5.41, 5.74) is 0.499. The van der Waals surface area contributed by atoms with Gasteiger partial charge in [-0.2, -0.15) is 0 Å². The molecule has 0 saturated carbocycles. The van der Waals surface area contributed by atoms with Crippen LogP contribution < -0.4 is 14.8 Å². The van der Waals surface area contributed by atoms with Crippen LogP contribution in [0.2, 0.25) is 10.0 Å². The molecule has 0 aromatic heterocycles. The normalized spacial score (nSPS) is 10.6. The molecule has 0 spiro atoms. The van der Waals surface area contributed by atoms with Gasteiger partial charge in [0.15, 0.2) is 18.1 Å². The molecular formula is C20H18Cl2N2O7. The summed E-state index contributed by atoms with van der Waals surface area (Å²) in [4.78, 5) is 33.9. The number of nitro groups is 1. The molecule has 0 bridgehead atoms. The van der Waals surface area contributed by atoms with E-state index in [0.29, 0.717) is 28.7 Å². The van der Waals surface area contributed by atoms with Crippen molar-refractivity contribution in [1.29, 1.82) is 0 Å². The van der Waals surface area contributed by atoms with Crippen molar-refractivity contribution in [3.63, 3.8) is 0 Å². The summed E-state index contributed by atoms with van der Waals surface area (Å²) in [6, 6.07) is 6.79. The maximum atomic E-state index is 11.9. The van der Waals surface area contributed by atoms with E-state index in [1.807, 2.05) is 6.92 Å². The topological polar surface area (TPSA) is 117 Å². The number of benzene rings is 2. The first-order chi connectivity index (χ1) is 14.7. The number of ether oxygens (including phenoxy) is 3. The van der Waals surface area contributed by atoms with Crippen LogP contribution in [0.25, 0.3) is 6.08 Å². The van der Waals surface area contributed by atoms with Crippen molar-refractivity contribution in [2.24, 2.45) is 0 Å². The number of hydrogen-bond acceptors (Lipinski definition) is 7. The maximum absolute atomic E-state index is 11.9. The standard InChI is InChI=1S/C20H18Cl2N2O7/c1-3-30-17-9-12(8-15(22)20(17)29-2)4-7-19(26)31-11-18(25)23-16-6-5-13(24(27)28)10-14(16)21/h4-10H,3,11H2,1-2H3,(H,23,25)/b7-4+. The van der Waals surface area contributed by atoms with Crippen LogP contribution in [0.15, 0.2) is 36.4 Å². The number of amides is 1. The zero-order valence-electron chi connectivity index (χ0n) is 16.5. The Morgan fingerprint density at radius 2 is 1.94 bits per heavy atom.